The lowest BCUT2D eigenvalue weighted by atomic mass is 9.96. The molecule has 1 aliphatic rings. The Bertz CT molecular complexity index is 1370. The molecule has 3 heterocycles. The molecule has 172 valence electrons. The zero-order valence-electron chi connectivity index (χ0n) is 19.1. The first-order chi connectivity index (χ1) is 16.4. The van der Waals surface area contributed by atoms with E-state index in [2.05, 4.69) is 45.7 Å². The Kier molecular flexibility index (Phi) is 5.88. The van der Waals surface area contributed by atoms with Crippen molar-refractivity contribution in [3.63, 3.8) is 0 Å². The topological polar surface area (TPSA) is 33.1 Å². The zero-order chi connectivity index (χ0) is 24.0. The third kappa shape index (κ3) is 3.77. The van der Waals surface area contributed by atoms with Crippen LogP contribution in [-0.2, 0) is 0 Å². The number of aromatic nitrogens is 2. The number of rotatable bonds is 4. The highest BCUT2D eigenvalue weighted by Crippen LogP contribution is 2.44. The molecule has 1 saturated heterocycles. The van der Waals surface area contributed by atoms with Crippen LogP contribution >= 0.6 is 23.8 Å². The Morgan fingerprint density at radius 3 is 2.47 bits per heavy atom. The molecule has 1 fully saturated rings. The Morgan fingerprint density at radius 2 is 1.76 bits per heavy atom. The first kappa shape index (κ1) is 22.6. The fraction of sp³-hybridized carbons (Fsp3) is 0.185. The maximum atomic E-state index is 13.7. The lowest BCUT2D eigenvalue weighted by molar-refractivity contribution is 0.565. The van der Waals surface area contributed by atoms with Gasteiger partial charge in [0.25, 0.3) is 0 Å². The number of pyridine rings is 1. The number of hydrogen-bond acceptors (Lipinski definition) is 2. The monoisotopic (exact) mass is 490 g/mol. The van der Waals surface area contributed by atoms with Crippen molar-refractivity contribution in [3.05, 3.63) is 112 Å². The molecule has 0 unspecified atom stereocenters. The highest BCUT2D eigenvalue weighted by atomic mass is 35.5. The standard InChI is InChI=1S/C27H24ClFN4S/c1-16-15-21(18(3)32(16)24-9-6-7-22(28)17(24)2)26-25(23-8-4-5-14-30-23)31-27(34)33(26)20-12-10-19(29)11-13-20/h4-15,25-26H,1-3H3,(H,31,34)/t25-,26+/m0/s1. The molecule has 0 saturated carbocycles. The predicted octanol–water partition coefficient (Wildman–Crippen LogP) is 6.77. The number of anilines is 1. The smallest absolute Gasteiger partial charge is 0.174 e. The number of aryl methyl sites for hydroxylation is 1. The molecule has 0 spiro atoms. The Balaban J connectivity index is 1.70. The average molecular weight is 491 g/mol. The summed E-state index contributed by atoms with van der Waals surface area (Å²) in [6.07, 6.45) is 1.79. The first-order valence-electron chi connectivity index (χ1n) is 11.1. The molecule has 0 aliphatic carbocycles. The van der Waals surface area contributed by atoms with Gasteiger partial charge in [-0.3, -0.25) is 4.98 Å². The number of nitrogens with one attached hydrogen (secondary N) is 1. The van der Waals surface area contributed by atoms with E-state index in [1.807, 2.05) is 37.3 Å². The third-order valence-corrected chi connectivity index (χ3v) is 7.20. The van der Waals surface area contributed by atoms with E-state index in [0.29, 0.717) is 5.11 Å². The van der Waals surface area contributed by atoms with Gasteiger partial charge in [-0.15, -0.1) is 0 Å². The van der Waals surface area contributed by atoms with Gasteiger partial charge in [-0.2, -0.15) is 0 Å². The second-order valence-electron chi connectivity index (χ2n) is 8.52. The molecule has 2 aromatic heterocycles. The van der Waals surface area contributed by atoms with Gasteiger partial charge in [-0.1, -0.05) is 23.7 Å². The van der Waals surface area contributed by atoms with Gasteiger partial charge in [0.05, 0.1) is 17.8 Å². The molecular weight excluding hydrogens is 467 g/mol. The van der Waals surface area contributed by atoms with Crippen molar-refractivity contribution in [2.75, 3.05) is 4.90 Å². The molecule has 1 aliphatic heterocycles. The summed E-state index contributed by atoms with van der Waals surface area (Å²) in [4.78, 5) is 6.68. The normalized spacial score (nSPS) is 17.8. The van der Waals surface area contributed by atoms with E-state index in [4.69, 9.17) is 23.8 Å². The SMILES string of the molecule is Cc1c(Cl)cccc1-n1c(C)cc([C@@H]2[C@H](c3ccccn3)NC(=S)N2c2ccc(F)cc2)c1C. The van der Waals surface area contributed by atoms with Crippen LogP contribution in [0.1, 0.15) is 40.3 Å². The van der Waals surface area contributed by atoms with Crippen LogP contribution in [0.4, 0.5) is 10.1 Å². The zero-order valence-corrected chi connectivity index (χ0v) is 20.7. The number of hydrogen-bond donors (Lipinski definition) is 1. The number of nitrogens with zero attached hydrogens (tertiary/aromatic N) is 3. The van der Waals surface area contributed by atoms with Crippen LogP contribution in [0.15, 0.2) is 72.9 Å². The van der Waals surface area contributed by atoms with Crippen LogP contribution < -0.4 is 10.2 Å². The minimum absolute atomic E-state index is 0.173. The van der Waals surface area contributed by atoms with Gasteiger partial charge in [-0.05, 0) is 98.7 Å². The van der Waals surface area contributed by atoms with Crippen molar-refractivity contribution in [3.8, 4) is 5.69 Å². The van der Waals surface area contributed by atoms with Crippen molar-refractivity contribution >= 4 is 34.6 Å². The van der Waals surface area contributed by atoms with Crippen LogP contribution in [0.2, 0.25) is 5.02 Å². The Labute approximate surface area is 209 Å². The number of halogens is 2. The largest absolute Gasteiger partial charge is 0.351 e. The highest BCUT2D eigenvalue weighted by molar-refractivity contribution is 7.80. The predicted molar refractivity (Wildman–Crippen MR) is 139 cm³/mol. The van der Waals surface area contributed by atoms with Gasteiger partial charge in [-0.25, -0.2) is 4.39 Å². The van der Waals surface area contributed by atoms with Crippen molar-refractivity contribution in [1.29, 1.82) is 0 Å². The van der Waals surface area contributed by atoms with Crippen LogP contribution in [0, 0.1) is 26.6 Å². The summed E-state index contributed by atoms with van der Waals surface area (Å²) >= 11 is 12.2. The van der Waals surface area contributed by atoms with Crippen LogP contribution in [0.25, 0.3) is 5.69 Å². The molecule has 0 amide bonds. The lowest BCUT2D eigenvalue weighted by Crippen LogP contribution is -2.29. The second-order valence-corrected chi connectivity index (χ2v) is 9.31. The fourth-order valence-corrected chi connectivity index (χ4v) is 5.36. The minimum Gasteiger partial charge on any atom is -0.351 e. The number of benzene rings is 2. The molecule has 2 aromatic carbocycles. The molecular formula is C27H24ClFN4S. The van der Waals surface area contributed by atoms with E-state index in [0.717, 1.165) is 44.6 Å². The maximum absolute atomic E-state index is 13.7. The third-order valence-electron chi connectivity index (χ3n) is 6.47. The molecule has 1 N–H and O–H groups in total. The van der Waals surface area contributed by atoms with Crippen LogP contribution in [0.3, 0.4) is 0 Å². The first-order valence-corrected chi connectivity index (χ1v) is 11.9. The van der Waals surface area contributed by atoms with Crippen molar-refractivity contribution in [2.24, 2.45) is 0 Å². The van der Waals surface area contributed by atoms with Gasteiger partial charge >= 0.3 is 0 Å². The van der Waals surface area contributed by atoms with Crippen molar-refractivity contribution in [2.45, 2.75) is 32.9 Å². The number of thiocarbonyl (C=S) groups is 1. The van der Waals surface area contributed by atoms with E-state index < -0.39 is 0 Å². The maximum Gasteiger partial charge on any atom is 0.174 e. The molecule has 34 heavy (non-hydrogen) atoms. The van der Waals surface area contributed by atoms with E-state index in [1.54, 1.807) is 18.3 Å². The Morgan fingerprint density at radius 1 is 1.00 bits per heavy atom. The molecule has 4 nitrogen and oxygen atoms in total. The van der Waals surface area contributed by atoms with Crippen LogP contribution in [0.5, 0.6) is 0 Å². The second kappa shape index (κ2) is 8.85. The molecule has 2 atom stereocenters. The molecule has 5 rings (SSSR count). The minimum atomic E-state index is -0.283. The van der Waals surface area contributed by atoms with Gasteiger partial charge < -0.3 is 14.8 Å². The fourth-order valence-electron chi connectivity index (χ4n) is 4.85. The van der Waals surface area contributed by atoms with E-state index in [9.17, 15) is 4.39 Å². The van der Waals surface area contributed by atoms with E-state index >= 15 is 0 Å². The van der Waals surface area contributed by atoms with Gasteiger partial charge in [0.15, 0.2) is 5.11 Å². The molecule has 0 bridgehead atoms. The van der Waals surface area contributed by atoms with Gasteiger partial charge in [0.1, 0.15) is 5.82 Å². The summed E-state index contributed by atoms with van der Waals surface area (Å²) in [6, 6.07) is 20.1. The van der Waals surface area contributed by atoms with Gasteiger partial charge in [0.2, 0.25) is 0 Å². The highest BCUT2D eigenvalue weighted by Gasteiger charge is 2.42. The lowest BCUT2D eigenvalue weighted by Gasteiger charge is -2.28. The molecule has 4 aromatic rings. The quantitative estimate of drug-likeness (QED) is 0.320. The van der Waals surface area contributed by atoms with E-state index in [-0.39, 0.29) is 17.9 Å². The molecule has 0 radical (unpaired) electrons. The summed E-state index contributed by atoms with van der Waals surface area (Å²) in [5.74, 6) is -0.283. The Hall–Kier alpha value is -3.22. The average Bonchev–Trinajstić information content (AvgIpc) is 3.32. The van der Waals surface area contributed by atoms with Crippen LogP contribution in [-0.4, -0.2) is 14.7 Å². The van der Waals surface area contributed by atoms with E-state index in [1.165, 1.54) is 12.1 Å². The van der Waals surface area contributed by atoms with Gasteiger partial charge in [0, 0.05) is 34.0 Å². The van der Waals surface area contributed by atoms with Crippen molar-refractivity contribution < 1.29 is 4.39 Å². The summed E-state index contributed by atoms with van der Waals surface area (Å²) in [5.41, 5.74) is 7.08. The summed E-state index contributed by atoms with van der Waals surface area (Å²) in [6.45, 7) is 6.24. The van der Waals surface area contributed by atoms with Crippen molar-refractivity contribution in [1.82, 2.24) is 14.9 Å². The summed E-state index contributed by atoms with van der Waals surface area (Å²) in [5, 5.41) is 4.78. The summed E-state index contributed by atoms with van der Waals surface area (Å²) in [7, 11) is 0. The molecule has 7 heteroatoms. The summed E-state index contributed by atoms with van der Waals surface area (Å²) < 4.78 is 16.0.